The summed E-state index contributed by atoms with van der Waals surface area (Å²) in [4.78, 5) is 5.44. The summed E-state index contributed by atoms with van der Waals surface area (Å²) in [6, 6.07) is 1.97. The Morgan fingerprint density at radius 3 is 2.95 bits per heavy atom. The first kappa shape index (κ1) is 12.6. The van der Waals surface area contributed by atoms with Gasteiger partial charge < -0.3 is 4.52 Å². The molecule has 0 fully saturated rings. The van der Waals surface area contributed by atoms with Crippen LogP contribution >= 0.6 is 27.3 Å². The number of rotatable bonds is 3. The van der Waals surface area contributed by atoms with Crippen LogP contribution < -0.4 is 0 Å². The van der Waals surface area contributed by atoms with Gasteiger partial charge in [-0.3, -0.25) is 4.68 Å². The number of nitrogens with zero attached hydrogens (tertiary/aromatic N) is 4. The highest BCUT2D eigenvalue weighted by Crippen LogP contribution is 2.32. The molecule has 0 aliphatic rings. The van der Waals surface area contributed by atoms with Gasteiger partial charge in [0.15, 0.2) is 0 Å². The van der Waals surface area contributed by atoms with Crippen LogP contribution in [0.25, 0.3) is 10.7 Å². The van der Waals surface area contributed by atoms with Gasteiger partial charge in [-0.05, 0) is 34.3 Å². The molecule has 0 bridgehead atoms. The van der Waals surface area contributed by atoms with E-state index in [1.807, 2.05) is 37.8 Å². The Hall–Kier alpha value is -1.47. The Morgan fingerprint density at radius 2 is 2.32 bits per heavy atom. The first-order valence-corrected chi connectivity index (χ1v) is 7.38. The maximum atomic E-state index is 5.36. The van der Waals surface area contributed by atoms with Gasteiger partial charge in [0.25, 0.3) is 0 Å². The zero-order chi connectivity index (χ0) is 13.4. The van der Waals surface area contributed by atoms with E-state index in [0.29, 0.717) is 11.7 Å². The predicted octanol–water partition coefficient (Wildman–Crippen LogP) is 3.45. The number of hydrogen-bond donors (Lipinski definition) is 0. The Morgan fingerprint density at radius 1 is 1.47 bits per heavy atom. The third-order valence-corrected chi connectivity index (χ3v) is 4.69. The van der Waals surface area contributed by atoms with Crippen molar-refractivity contribution in [3.63, 3.8) is 0 Å². The lowest BCUT2D eigenvalue weighted by atomic mass is 10.1. The van der Waals surface area contributed by atoms with Crippen molar-refractivity contribution in [1.82, 2.24) is 19.9 Å². The maximum Gasteiger partial charge on any atom is 0.234 e. The fraction of sp³-hybridized carbons (Fsp3) is 0.250. The lowest BCUT2D eigenvalue weighted by Gasteiger charge is -2.01. The molecular formula is C12H11BrN4OS. The van der Waals surface area contributed by atoms with Crippen molar-refractivity contribution in [1.29, 1.82) is 0 Å². The van der Waals surface area contributed by atoms with Gasteiger partial charge >= 0.3 is 0 Å². The second kappa shape index (κ2) is 4.90. The molecule has 19 heavy (non-hydrogen) atoms. The standard InChI is InChI=1S/C12H11BrN4OS/c1-7(8-5-14-17(2)6-8)12-15-11(16-18-12)10-9(13)3-4-19-10/h3-7H,1-2H3. The maximum absolute atomic E-state index is 5.36. The molecule has 0 radical (unpaired) electrons. The van der Waals surface area contributed by atoms with E-state index >= 15 is 0 Å². The van der Waals surface area contributed by atoms with Crippen LogP contribution in [0.15, 0.2) is 32.8 Å². The van der Waals surface area contributed by atoms with Gasteiger partial charge in [-0.2, -0.15) is 10.1 Å². The van der Waals surface area contributed by atoms with Crippen molar-refractivity contribution in [2.75, 3.05) is 0 Å². The van der Waals surface area contributed by atoms with Crippen molar-refractivity contribution in [2.45, 2.75) is 12.8 Å². The zero-order valence-corrected chi connectivity index (χ0v) is 12.8. The summed E-state index contributed by atoms with van der Waals surface area (Å²) < 4.78 is 8.10. The molecule has 0 aromatic carbocycles. The molecule has 3 rings (SSSR count). The van der Waals surface area contributed by atoms with Gasteiger partial charge in [0, 0.05) is 23.3 Å². The van der Waals surface area contributed by atoms with Crippen LogP contribution in [0.1, 0.15) is 24.3 Å². The summed E-state index contributed by atoms with van der Waals surface area (Å²) >= 11 is 5.05. The minimum absolute atomic E-state index is 0.0358. The van der Waals surface area contributed by atoms with E-state index in [4.69, 9.17) is 4.52 Å². The first-order chi connectivity index (χ1) is 9.15. The molecule has 7 heteroatoms. The predicted molar refractivity (Wildman–Crippen MR) is 76.0 cm³/mol. The van der Waals surface area contributed by atoms with E-state index in [-0.39, 0.29) is 5.92 Å². The Labute approximate surface area is 122 Å². The Bertz CT molecular complexity index is 702. The lowest BCUT2D eigenvalue weighted by Crippen LogP contribution is -1.95. The van der Waals surface area contributed by atoms with Crippen LogP contribution in [-0.4, -0.2) is 19.9 Å². The number of aromatic nitrogens is 4. The minimum Gasteiger partial charge on any atom is -0.338 e. The minimum atomic E-state index is 0.0358. The molecule has 0 saturated heterocycles. The van der Waals surface area contributed by atoms with Gasteiger partial charge in [0.1, 0.15) is 0 Å². The second-order valence-corrected chi connectivity index (χ2v) is 5.99. The summed E-state index contributed by atoms with van der Waals surface area (Å²) in [6.07, 6.45) is 3.77. The van der Waals surface area contributed by atoms with Crippen molar-refractivity contribution in [3.05, 3.63) is 39.8 Å². The molecule has 3 aromatic rings. The Kier molecular flexibility index (Phi) is 3.24. The third-order valence-electron chi connectivity index (χ3n) is 2.86. The molecule has 0 N–H and O–H groups in total. The van der Waals surface area contributed by atoms with Crippen LogP contribution in [0, 0.1) is 0 Å². The Balaban J connectivity index is 1.91. The fourth-order valence-electron chi connectivity index (χ4n) is 1.76. The zero-order valence-electron chi connectivity index (χ0n) is 10.4. The summed E-state index contributed by atoms with van der Waals surface area (Å²) in [5, 5.41) is 10.2. The number of hydrogen-bond acceptors (Lipinski definition) is 5. The smallest absolute Gasteiger partial charge is 0.234 e. The van der Waals surface area contributed by atoms with E-state index in [9.17, 15) is 0 Å². The molecule has 3 heterocycles. The molecule has 0 aliphatic heterocycles. The second-order valence-electron chi connectivity index (χ2n) is 4.22. The van der Waals surface area contributed by atoms with Crippen LogP contribution in [0.3, 0.4) is 0 Å². The van der Waals surface area contributed by atoms with Crippen molar-refractivity contribution < 1.29 is 4.52 Å². The number of halogens is 1. The van der Waals surface area contributed by atoms with Crippen LogP contribution in [-0.2, 0) is 7.05 Å². The molecule has 5 nitrogen and oxygen atoms in total. The van der Waals surface area contributed by atoms with Crippen molar-refractivity contribution in [2.24, 2.45) is 7.05 Å². The molecule has 1 atom stereocenters. The average molecular weight is 339 g/mol. The van der Waals surface area contributed by atoms with Crippen molar-refractivity contribution in [3.8, 4) is 10.7 Å². The highest BCUT2D eigenvalue weighted by atomic mass is 79.9. The van der Waals surface area contributed by atoms with Gasteiger partial charge in [0.05, 0.1) is 17.0 Å². The summed E-state index contributed by atoms with van der Waals surface area (Å²) in [7, 11) is 1.89. The van der Waals surface area contributed by atoms with Gasteiger partial charge in [-0.1, -0.05) is 5.16 Å². The van der Waals surface area contributed by atoms with E-state index in [0.717, 1.165) is 14.9 Å². The fourth-order valence-corrected chi connectivity index (χ4v) is 3.24. The molecule has 3 aromatic heterocycles. The molecule has 0 aliphatic carbocycles. The van der Waals surface area contributed by atoms with Crippen LogP contribution in [0.5, 0.6) is 0 Å². The SMILES string of the molecule is CC(c1cnn(C)c1)c1nc(-c2sccc2Br)no1. The topological polar surface area (TPSA) is 56.7 Å². The van der Waals surface area contributed by atoms with Gasteiger partial charge in [0.2, 0.25) is 11.7 Å². The molecule has 0 spiro atoms. The van der Waals surface area contributed by atoms with Gasteiger partial charge in [-0.25, -0.2) is 0 Å². The number of thiophene rings is 1. The van der Waals surface area contributed by atoms with Crippen molar-refractivity contribution >= 4 is 27.3 Å². The third kappa shape index (κ3) is 2.35. The van der Waals surface area contributed by atoms with Crippen LogP contribution in [0.4, 0.5) is 0 Å². The molecule has 0 amide bonds. The highest BCUT2D eigenvalue weighted by molar-refractivity contribution is 9.10. The monoisotopic (exact) mass is 338 g/mol. The lowest BCUT2D eigenvalue weighted by molar-refractivity contribution is 0.371. The highest BCUT2D eigenvalue weighted by Gasteiger charge is 2.19. The summed E-state index contributed by atoms with van der Waals surface area (Å²) in [5.74, 6) is 1.25. The molecular weight excluding hydrogens is 328 g/mol. The molecule has 1 unspecified atom stereocenters. The van der Waals surface area contributed by atoms with E-state index in [1.165, 1.54) is 0 Å². The van der Waals surface area contributed by atoms with Crippen LogP contribution in [0.2, 0.25) is 0 Å². The quantitative estimate of drug-likeness (QED) is 0.733. The van der Waals surface area contributed by atoms with Gasteiger partial charge in [-0.15, -0.1) is 11.3 Å². The summed E-state index contributed by atoms with van der Waals surface area (Å²) in [6.45, 7) is 2.03. The molecule has 0 saturated carbocycles. The largest absolute Gasteiger partial charge is 0.338 e. The van der Waals surface area contributed by atoms with E-state index in [2.05, 4.69) is 31.2 Å². The van der Waals surface area contributed by atoms with E-state index in [1.54, 1.807) is 16.0 Å². The van der Waals surface area contributed by atoms with E-state index < -0.39 is 0 Å². The first-order valence-electron chi connectivity index (χ1n) is 5.70. The molecule has 98 valence electrons. The normalized spacial score (nSPS) is 12.8. The number of aryl methyl sites for hydroxylation is 1. The average Bonchev–Trinajstić information content (AvgIpc) is 3.08. The summed E-state index contributed by atoms with van der Waals surface area (Å²) in [5.41, 5.74) is 1.06.